The molecular formula is C46H55N3O7. The Morgan fingerprint density at radius 1 is 0.714 bits per heavy atom. The van der Waals surface area contributed by atoms with Gasteiger partial charge in [0.25, 0.3) is 5.91 Å². The van der Waals surface area contributed by atoms with Gasteiger partial charge in [0, 0.05) is 65.9 Å². The zero-order valence-electron chi connectivity index (χ0n) is 33.0. The molecule has 0 aliphatic carbocycles. The number of rotatable bonds is 19. The zero-order chi connectivity index (χ0) is 39.7. The van der Waals surface area contributed by atoms with Crippen LogP contribution in [0.5, 0.6) is 5.75 Å². The van der Waals surface area contributed by atoms with Crippen molar-refractivity contribution in [3.63, 3.8) is 0 Å². The van der Waals surface area contributed by atoms with E-state index in [0.29, 0.717) is 30.8 Å². The normalized spacial score (nSPS) is 13.2. The van der Waals surface area contributed by atoms with Crippen LogP contribution in [0.25, 0.3) is 11.1 Å². The monoisotopic (exact) mass is 761 g/mol. The molecule has 10 nitrogen and oxygen atoms in total. The Balaban J connectivity index is 0.952. The molecule has 2 amide bonds. The highest BCUT2D eigenvalue weighted by Gasteiger charge is 2.24. The molecule has 4 aromatic rings. The Hall–Kier alpha value is -5.32. The highest BCUT2D eigenvalue weighted by Crippen LogP contribution is 2.25. The molecule has 4 aromatic carbocycles. The molecule has 1 heterocycles. The van der Waals surface area contributed by atoms with Crippen LogP contribution >= 0.6 is 0 Å². The maximum absolute atomic E-state index is 13.2. The molecule has 5 rings (SSSR count). The number of benzene rings is 4. The van der Waals surface area contributed by atoms with Gasteiger partial charge < -0.3 is 28.9 Å². The number of amides is 2. The predicted octanol–water partition coefficient (Wildman–Crippen LogP) is 6.64. The fourth-order valence-electron chi connectivity index (χ4n) is 6.86. The first kappa shape index (κ1) is 41.8. The molecule has 0 saturated carbocycles. The van der Waals surface area contributed by atoms with Gasteiger partial charge in [-0.15, -0.1) is 0 Å². The van der Waals surface area contributed by atoms with E-state index < -0.39 is 0 Å². The molecule has 1 fully saturated rings. The third-order valence-corrected chi connectivity index (χ3v) is 10.2. The second-order valence-electron chi connectivity index (χ2n) is 14.5. The van der Waals surface area contributed by atoms with E-state index in [1.54, 1.807) is 16.8 Å². The van der Waals surface area contributed by atoms with Crippen LogP contribution < -0.4 is 4.74 Å². The number of carbonyl (C=O) groups excluding carboxylic acids is 4. The summed E-state index contributed by atoms with van der Waals surface area (Å²) in [6, 6.07) is 33.5. The van der Waals surface area contributed by atoms with Crippen LogP contribution in [0.3, 0.4) is 0 Å². The number of carbonyl (C=O) groups is 4. The van der Waals surface area contributed by atoms with E-state index in [9.17, 15) is 19.2 Å². The van der Waals surface area contributed by atoms with Gasteiger partial charge in [0.1, 0.15) is 18.5 Å². The minimum absolute atomic E-state index is 0.00135. The van der Waals surface area contributed by atoms with Gasteiger partial charge in [-0.25, -0.2) is 0 Å². The molecule has 296 valence electrons. The van der Waals surface area contributed by atoms with Crippen molar-refractivity contribution >= 4 is 23.8 Å². The van der Waals surface area contributed by atoms with Gasteiger partial charge in [0.05, 0.1) is 6.42 Å². The van der Waals surface area contributed by atoms with Crippen molar-refractivity contribution in [3.8, 4) is 16.9 Å². The summed E-state index contributed by atoms with van der Waals surface area (Å²) < 4.78 is 16.2. The number of hydrogen-bond acceptors (Lipinski definition) is 8. The maximum atomic E-state index is 13.2. The van der Waals surface area contributed by atoms with E-state index in [4.69, 9.17) is 14.2 Å². The molecular weight excluding hydrogens is 707 g/mol. The maximum Gasteiger partial charge on any atom is 0.311 e. The van der Waals surface area contributed by atoms with Crippen molar-refractivity contribution in [2.24, 2.45) is 0 Å². The van der Waals surface area contributed by atoms with Crippen LogP contribution in [0, 0.1) is 0 Å². The van der Waals surface area contributed by atoms with Crippen LogP contribution in [0.4, 0.5) is 0 Å². The Kier molecular flexibility index (Phi) is 16.2. The third kappa shape index (κ3) is 13.2. The van der Waals surface area contributed by atoms with E-state index in [0.717, 1.165) is 74.0 Å². The third-order valence-electron chi connectivity index (χ3n) is 10.2. The topological polar surface area (TPSA) is 106 Å². The van der Waals surface area contributed by atoms with Gasteiger partial charge in [-0.3, -0.25) is 19.2 Å². The minimum Gasteiger partial charge on any atom is -0.462 e. The number of likely N-dealkylation sites (tertiary alicyclic amines) is 1. The van der Waals surface area contributed by atoms with E-state index in [2.05, 4.69) is 17.0 Å². The molecule has 0 N–H and O–H groups in total. The van der Waals surface area contributed by atoms with Crippen LogP contribution in [-0.2, 0) is 43.1 Å². The van der Waals surface area contributed by atoms with Gasteiger partial charge in [-0.2, -0.15) is 0 Å². The van der Waals surface area contributed by atoms with Crippen molar-refractivity contribution in [3.05, 3.63) is 125 Å². The zero-order valence-corrected chi connectivity index (χ0v) is 33.0. The molecule has 0 unspecified atom stereocenters. The van der Waals surface area contributed by atoms with Crippen molar-refractivity contribution in [1.29, 1.82) is 0 Å². The first-order valence-corrected chi connectivity index (χ1v) is 19.6. The molecule has 56 heavy (non-hydrogen) atoms. The van der Waals surface area contributed by atoms with Crippen LogP contribution in [0.15, 0.2) is 103 Å². The molecule has 0 bridgehead atoms. The average molecular weight is 762 g/mol. The standard InChI is InChI=1S/C46H55N3O7/c1-47(43(50)34-54-3)28-10-17-44(51)55-40-24-20-36(21-25-40)12-9-11-35-18-22-38(23-19-35)46(53)48(2)31-32-49-29-26-41(27-30-49)56-45(52)33-39-15-7-8-16-42(39)37-13-5-4-6-14-37/h4-8,13-16,18-25,41H,9-12,17,26-34H2,1-3H3. The number of aryl methyl sites for hydroxylation is 2. The molecule has 0 radical (unpaired) electrons. The SMILES string of the molecule is COCC(=O)N(C)CCCC(=O)Oc1ccc(CCCc2ccc(C(=O)N(C)CCN3CCC(OC(=O)Cc4ccccc4-c4ccccc4)CC3)cc2)cc1. The number of likely N-dealkylation sites (N-methyl/N-ethyl adjacent to an activating group) is 2. The Morgan fingerprint density at radius 2 is 1.36 bits per heavy atom. The average Bonchev–Trinajstić information content (AvgIpc) is 3.21. The Labute approximate surface area is 331 Å². The van der Waals surface area contributed by atoms with Crippen molar-refractivity contribution in [2.75, 3.05) is 60.5 Å². The summed E-state index contributed by atoms with van der Waals surface area (Å²) in [7, 11) is 5.01. The first-order chi connectivity index (χ1) is 27.2. The van der Waals surface area contributed by atoms with Gasteiger partial charge in [0.15, 0.2) is 0 Å². The summed E-state index contributed by atoms with van der Waals surface area (Å²) in [4.78, 5) is 55.7. The summed E-state index contributed by atoms with van der Waals surface area (Å²) >= 11 is 0. The summed E-state index contributed by atoms with van der Waals surface area (Å²) in [5.41, 5.74) is 6.12. The lowest BCUT2D eigenvalue weighted by Gasteiger charge is -2.32. The van der Waals surface area contributed by atoms with Crippen molar-refractivity contribution in [2.45, 2.75) is 57.5 Å². The van der Waals surface area contributed by atoms with E-state index in [1.165, 1.54) is 12.7 Å². The molecule has 1 saturated heterocycles. The van der Waals surface area contributed by atoms with Crippen molar-refractivity contribution < 1.29 is 33.4 Å². The lowest BCUT2D eigenvalue weighted by Crippen LogP contribution is -2.42. The molecule has 0 aromatic heterocycles. The Morgan fingerprint density at radius 3 is 2.04 bits per heavy atom. The summed E-state index contributed by atoms with van der Waals surface area (Å²) in [5, 5.41) is 0. The number of esters is 2. The summed E-state index contributed by atoms with van der Waals surface area (Å²) in [6.45, 7) is 3.53. The lowest BCUT2D eigenvalue weighted by molar-refractivity contribution is -0.150. The van der Waals surface area contributed by atoms with Crippen LogP contribution in [0.1, 0.15) is 59.2 Å². The van der Waals surface area contributed by atoms with Gasteiger partial charge in [-0.05, 0) is 90.6 Å². The van der Waals surface area contributed by atoms with Gasteiger partial charge in [0.2, 0.25) is 5.91 Å². The van der Waals surface area contributed by atoms with Crippen LogP contribution in [-0.4, -0.2) is 105 Å². The predicted molar refractivity (Wildman–Crippen MR) is 217 cm³/mol. The molecule has 0 spiro atoms. The van der Waals surface area contributed by atoms with E-state index in [1.807, 2.05) is 98.0 Å². The summed E-state index contributed by atoms with van der Waals surface area (Å²) in [6.07, 6.45) is 5.17. The van der Waals surface area contributed by atoms with Gasteiger partial charge in [-0.1, -0.05) is 78.9 Å². The lowest BCUT2D eigenvalue weighted by atomic mass is 9.98. The second kappa shape index (κ2) is 21.7. The molecule has 1 aliphatic rings. The molecule has 10 heteroatoms. The number of ether oxygens (including phenoxy) is 3. The second-order valence-corrected chi connectivity index (χ2v) is 14.5. The largest absolute Gasteiger partial charge is 0.462 e. The number of piperidine rings is 1. The van der Waals surface area contributed by atoms with Crippen LogP contribution in [0.2, 0.25) is 0 Å². The quantitative estimate of drug-likeness (QED) is 0.0774. The van der Waals surface area contributed by atoms with Crippen molar-refractivity contribution in [1.82, 2.24) is 14.7 Å². The number of nitrogens with zero attached hydrogens (tertiary/aromatic N) is 3. The summed E-state index contributed by atoms with van der Waals surface area (Å²) in [5.74, 6) is -0.132. The minimum atomic E-state index is -0.326. The van der Waals surface area contributed by atoms with Gasteiger partial charge >= 0.3 is 11.9 Å². The fourth-order valence-corrected chi connectivity index (χ4v) is 6.86. The molecule has 0 atom stereocenters. The number of hydrogen-bond donors (Lipinski definition) is 0. The first-order valence-electron chi connectivity index (χ1n) is 19.6. The smallest absolute Gasteiger partial charge is 0.311 e. The van der Waals surface area contributed by atoms with E-state index in [-0.39, 0.29) is 49.3 Å². The Bertz CT molecular complexity index is 1860. The number of methoxy groups -OCH3 is 1. The van der Waals surface area contributed by atoms with E-state index >= 15 is 0 Å². The highest BCUT2D eigenvalue weighted by molar-refractivity contribution is 5.94. The fraction of sp³-hybridized carbons (Fsp3) is 0.391. The molecule has 1 aliphatic heterocycles. The highest BCUT2D eigenvalue weighted by atomic mass is 16.5.